The largest absolute Gasteiger partial charge is 0.444 e. The van der Waals surface area contributed by atoms with Gasteiger partial charge in [-0.3, -0.25) is 0 Å². The van der Waals surface area contributed by atoms with Gasteiger partial charge < -0.3 is 15.0 Å². The smallest absolute Gasteiger partial charge is 0.410 e. The fourth-order valence-electron chi connectivity index (χ4n) is 1.84. The summed E-state index contributed by atoms with van der Waals surface area (Å²) in [4.78, 5) is 13.3. The van der Waals surface area contributed by atoms with Crippen molar-refractivity contribution in [2.45, 2.75) is 58.6 Å². The van der Waals surface area contributed by atoms with Gasteiger partial charge in [0.2, 0.25) is 0 Å². The van der Waals surface area contributed by atoms with E-state index in [-0.39, 0.29) is 6.09 Å². The van der Waals surface area contributed by atoms with Crippen molar-refractivity contribution in [3.63, 3.8) is 0 Å². The Kier molecular flexibility index (Phi) is 5.45. The van der Waals surface area contributed by atoms with Crippen molar-refractivity contribution < 1.29 is 9.53 Å². The van der Waals surface area contributed by atoms with Gasteiger partial charge in [0, 0.05) is 19.6 Å². The predicted molar refractivity (Wildman–Crippen MR) is 73.7 cm³/mol. The molecule has 1 aliphatic rings. The lowest BCUT2D eigenvalue weighted by Crippen LogP contribution is -2.36. The molecule has 0 aromatic carbocycles. The molecule has 0 aliphatic heterocycles. The van der Waals surface area contributed by atoms with Gasteiger partial charge in [-0.05, 0) is 59.4 Å². The molecular formula is C14H28N2O2. The first-order valence-electron chi connectivity index (χ1n) is 6.97. The molecule has 1 N–H and O–H groups in total. The summed E-state index contributed by atoms with van der Waals surface area (Å²) in [6.45, 7) is 9.60. The average molecular weight is 256 g/mol. The molecule has 0 saturated heterocycles. The Morgan fingerprint density at radius 2 is 2.06 bits per heavy atom. The number of hydrogen-bond acceptors (Lipinski definition) is 3. The molecule has 1 aliphatic carbocycles. The molecule has 18 heavy (non-hydrogen) atoms. The predicted octanol–water partition coefficient (Wildman–Crippen LogP) is 2.63. The van der Waals surface area contributed by atoms with E-state index >= 15 is 0 Å². The van der Waals surface area contributed by atoms with Crippen LogP contribution in [0.15, 0.2) is 0 Å². The van der Waals surface area contributed by atoms with Gasteiger partial charge in [-0.25, -0.2) is 4.79 Å². The lowest BCUT2D eigenvalue weighted by atomic mass is 10.2. The molecule has 1 amide bonds. The van der Waals surface area contributed by atoms with Crippen LogP contribution >= 0.6 is 0 Å². The molecule has 1 saturated carbocycles. The van der Waals surface area contributed by atoms with E-state index in [1.54, 1.807) is 11.9 Å². The molecule has 0 aromatic rings. The van der Waals surface area contributed by atoms with Crippen molar-refractivity contribution in [3.8, 4) is 0 Å². The summed E-state index contributed by atoms with van der Waals surface area (Å²) in [5.41, 5.74) is -0.413. The molecule has 1 rings (SSSR count). The lowest BCUT2D eigenvalue weighted by Gasteiger charge is -2.24. The zero-order chi connectivity index (χ0) is 13.8. The molecule has 0 aromatic heterocycles. The topological polar surface area (TPSA) is 41.6 Å². The molecule has 0 spiro atoms. The first-order valence-corrected chi connectivity index (χ1v) is 6.97. The zero-order valence-corrected chi connectivity index (χ0v) is 12.5. The molecule has 106 valence electrons. The summed E-state index contributed by atoms with van der Waals surface area (Å²) in [5.74, 6) is 0.883. The van der Waals surface area contributed by atoms with Crippen LogP contribution in [-0.4, -0.2) is 42.8 Å². The van der Waals surface area contributed by atoms with Crippen LogP contribution in [0.3, 0.4) is 0 Å². The van der Waals surface area contributed by atoms with Crippen molar-refractivity contribution in [2.75, 3.05) is 20.1 Å². The number of nitrogens with one attached hydrogen (secondary N) is 1. The first kappa shape index (κ1) is 15.3. The number of ether oxygens (including phenoxy) is 1. The van der Waals surface area contributed by atoms with Gasteiger partial charge in [0.15, 0.2) is 0 Å². The minimum Gasteiger partial charge on any atom is -0.444 e. The van der Waals surface area contributed by atoms with E-state index in [1.807, 2.05) is 20.8 Å². The van der Waals surface area contributed by atoms with Crippen LogP contribution in [0.1, 0.15) is 47.0 Å². The van der Waals surface area contributed by atoms with E-state index in [2.05, 4.69) is 12.2 Å². The molecule has 4 heteroatoms. The second kappa shape index (κ2) is 6.41. The van der Waals surface area contributed by atoms with Crippen molar-refractivity contribution in [1.82, 2.24) is 10.2 Å². The van der Waals surface area contributed by atoms with E-state index in [4.69, 9.17) is 4.74 Å². The normalized spacial score (nSPS) is 17.4. The van der Waals surface area contributed by atoms with E-state index < -0.39 is 5.60 Å². The Hall–Kier alpha value is -0.770. The summed E-state index contributed by atoms with van der Waals surface area (Å²) in [5, 5.41) is 3.51. The third-order valence-electron chi connectivity index (χ3n) is 3.17. The van der Waals surface area contributed by atoms with Crippen LogP contribution in [-0.2, 0) is 4.74 Å². The lowest BCUT2D eigenvalue weighted by molar-refractivity contribution is 0.0297. The third-order valence-corrected chi connectivity index (χ3v) is 3.17. The van der Waals surface area contributed by atoms with Crippen molar-refractivity contribution in [3.05, 3.63) is 0 Å². The van der Waals surface area contributed by atoms with E-state index in [0.29, 0.717) is 6.04 Å². The maximum Gasteiger partial charge on any atom is 0.410 e. The maximum atomic E-state index is 11.7. The summed E-state index contributed by atoms with van der Waals surface area (Å²) < 4.78 is 5.29. The Morgan fingerprint density at radius 1 is 1.44 bits per heavy atom. The second-order valence-corrected chi connectivity index (χ2v) is 6.34. The van der Waals surface area contributed by atoms with Gasteiger partial charge in [0.25, 0.3) is 0 Å². The highest BCUT2D eigenvalue weighted by Crippen LogP contribution is 2.32. The van der Waals surface area contributed by atoms with Gasteiger partial charge in [-0.15, -0.1) is 0 Å². The molecule has 0 radical (unpaired) electrons. The fourth-order valence-corrected chi connectivity index (χ4v) is 1.84. The number of nitrogens with zero attached hydrogens (tertiary/aromatic N) is 1. The van der Waals surface area contributed by atoms with Crippen LogP contribution < -0.4 is 5.32 Å². The number of hydrogen-bond donors (Lipinski definition) is 1. The van der Waals surface area contributed by atoms with E-state index in [0.717, 1.165) is 25.4 Å². The molecular weight excluding hydrogens is 228 g/mol. The summed E-state index contributed by atoms with van der Waals surface area (Å²) in [6, 6.07) is 0.622. The summed E-state index contributed by atoms with van der Waals surface area (Å²) in [7, 11) is 1.79. The zero-order valence-electron chi connectivity index (χ0n) is 12.5. The van der Waals surface area contributed by atoms with Crippen LogP contribution in [0.4, 0.5) is 4.79 Å². The molecule has 0 heterocycles. The Labute approximate surface area is 111 Å². The molecule has 1 fully saturated rings. The van der Waals surface area contributed by atoms with Gasteiger partial charge >= 0.3 is 6.09 Å². The molecule has 0 bridgehead atoms. The number of carbonyl (C=O) groups excluding carboxylic acids is 1. The average Bonchev–Trinajstić information content (AvgIpc) is 3.04. The maximum absolute atomic E-state index is 11.7. The van der Waals surface area contributed by atoms with Crippen LogP contribution in [0, 0.1) is 5.92 Å². The number of amides is 1. The minimum absolute atomic E-state index is 0.238. The Morgan fingerprint density at radius 3 is 2.56 bits per heavy atom. The highest BCUT2D eigenvalue weighted by atomic mass is 16.6. The van der Waals surface area contributed by atoms with Crippen LogP contribution in [0.5, 0.6) is 0 Å². The third kappa shape index (κ3) is 6.24. The molecule has 1 unspecified atom stereocenters. The van der Waals surface area contributed by atoms with E-state index in [9.17, 15) is 4.79 Å². The monoisotopic (exact) mass is 256 g/mol. The summed E-state index contributed by atoms with van der Waals surface area (Å²) >= 11 is 0. The highest BCUT2D eigenvalue weighted by molar-refractivity contribution is 5.67. The van der Waals surface area contributed by atoms with Crippen LogP contribution in [0.2, 0.25) is 0 Å². The minimum atomic E-state index is -0.413. The fraction of sp³-hybridized carbons (Fsp3) is 0.929. The molecule has 4 nitrogen and oxygen atoms in total. The van der Waals surface area contributed by atoms with Crippen molar-refractivity contribution in [2.24, 2.45) is 5.92 Å². The van der Waals surface area contributed by atoms with E-state index in [1.165, 1.54) is 12.8 Å². The summed E-state index contributed by atoms with van der Waals surface area (Å²) in [6.07, 6.45) is 3.46. The van der Waals surface area contributed by atoms with Gasteiger partial charge in [0.1, 0.15) is 5.60 Å². The SMILES string of the molecule is CC(NCCCN(C)C(=O)OC(C)(C)C)C1CC1. The number of rotatable bonds is 6. The number of carbonyl (C=O) groups is 1. The first-order chi connectivity index (χ1) is 8.29. The molecule has 1 atom stereocenters. The highest BCUT2D eigenvalue weighted by Gasteiger charge is 2.27. The quantitative estimate of drug-likeness (QED) is 0.743. The standard InChI is InChI=1S/C14H28N2O2/c1-11(12-7-8-12)15-9-6-10-16(5)13(17)18-14(2,3)4/h11-12,15H,6-10H2,1-5H3. The second-order valence-electron chi connectivity index (χ2n) is 6.34. The van der Waals surface area contributed by atoms with Gasteiger partial charge in [-0.1, -0.05) is 0 Å². The van der Waals surface area contributed by atoms with Crippen LogP contribution in [0.25, 0.3) is 0 Å². The van der Waals surface area contributed by atoms with Crippen molar-refractivity contribution in [1.29, 1.82) is 0 Å². The van der Waals surface area contributed by atoms with Crippen molar-refractivity contribution >= 4 is 6.09 Å². The Balaban J connectivity index is 2.08. The van der Waals surface area contributed by atoms with Gasteiger partial charge in [0.05, 0.1) is 0 Å². The van der Waals surface area contributed by atoms with Gasteiger partial charge in [-0.2, -0.15) is 0 Å². The Bertz CT molecular complexity index is 269.